The van der Waals surface area contributed by atoms with E-state index < -0.39 is 0 Å². The van der Waals surface area contributed by atoms with Gasteiger partial charge in [-0.15, -0.1) is 11.3 Å². The monoisotopic (exact) mass is 395 g/mol. The van der Waals surface area contributed by atoms with Crippen molar-refractivity contribution < 1.29 is 0 Å². The summed E-state index contributed by atoms with van der Waals surface area (Å²) in [5.74, 6) is 0. The first-order valence-electron chi connectivity index (χ1n) is 9.69. The van der Waals surface area contributed by atoms with Gasteiger partial charge in [0.1, 0.15) is 6.33 Å². The maximum atomic E-state index is 4.61. The Morgan fingerprint density at radius 2 is 1.62 bits per heavy atom. The Labute approximate surface area is 174 Å². The van der Waals surface area contributed by atoms with Crippen molar-refractivity contribution in [3.05, 3.63) is 78.1 Å². The Morgan fingerprint density at radius 3 is 2.48 bits per heavy atom. The fourth-order valence-electron chi connectivity index (χ4n) is 3.82. The second kappa shape index (κ2) is 6.75. The summed E-state index contributed by atoms with van der Waals surface area (Å²) in [5, 5.41) is 5.75. The smallest absolute Gasteiger partial charge is 0.116 e. The minimum absolute atomic E-state index is 0.0370. The SMILES string of the molecule is CC(C)(C)c1cc(-c2cc(-c3nccc4sccc34)ncn2)cc2ccccc12. The summed E-state index contributed by atoms with van der Waals surface area (Å²) in [5.41, 5.74) is 5.14. The number of pyridine rings is 1. The van der Waals surface area contributed by atoms with Crippen molar-refractivity contribution in [2.75, 3.05) is 0 Å². The van der Waals surface area contributed by atoms with Gasteiger partial charge in [0.25, 0.3) is 0 Å². The molecule has 0 unspecified atom stereocenters. The molecule has 0 spiro atoms. The molecule has 0 N–H and O–H groups in total. The van der Waals surface area contributed by atoms with Gasteiger partial charge in [-0.25, -0.2) is 9.97 Å². The molecule has 4 heteroatoms. The van der Waals surface area contributed by atoms with Crippen LogP contribution in [0.2, 0.25) is 0 Å². The highest BCUT2D eigenvalue weighted by molar-refractivity contribution is 7.17. The van der Waals surface area contributed by atoms with Gasteiger partial charge in [-0.05, 0) is 57.5 Å². The van der Waals surface area contributed by atoms with Crippen LogP contribution in [0.4, 0.5) is 0 Å². The highest BCUT2D eigenvalue weighted by Gasteiger charge is 2.19. The van der Waals surface area contributed by atoms with Crippen molar-refractivity contribution in [2.24, 2.45) is 0 Å². The van der Waals surface area contributed by atoms with Gasteiger partial charge >= 0.3 is 0 Å². The number of rotatable bonds is 2. The number of hydrogen-bond donors (Lipinski definition) is 0. The number of hydrogen-bond acceptors (Lipinski definition) is 4. The number of nitrogens with zero attached hydrogens (tertiary/aromatic N) is 3. The second-order valence-corrected chi connectivity index (χ2v) is 9.22. The molecule has 0 radical (unpaired) electrons. The third-order valence-corrected chi connectivity index (χ3v) is 6.14. The van der Waals surface area contributed by atoms with Crippen molar-refractivity contribution in [1.29, 1.82) is 0 Å². The molecule has 0 saturated heterocycles. The van der Waals surface area contributed by atoms with Crippen molar-refractivity contribution in [3.63, 3.8) is 0 Å². The molecule has 0 aliphatic carbocycles. The Bertz CT molecular complexity index is 1350. The lowest BCUT2D eigenvalue weighted by Gasteiger charge is -2.22. The molecule has 3 heterocycles. The molecule has 0 aliphatic heterocycles. The highest BCUT2D eigenvalue weighted by atomic mass is 32.1. The Kier molecular flexibility index (Phi) is 4.18. The minimum atomic E-state index is 0.0370. The topological polar surface area (TPSA) is 38.7 Å². The van der Waals surface area contributed by atoms with Crippen LogP contribution in [0.25, 0.3) is 43.5 Å². The summed E-state index contributed by atoms with van der Waals surface area (Å²) < 4.78 is 1.22. The molecule has 3 aromatic heterocycles. The lowest BCUT2D eigenvalue weighted by molar-refractivity contribution is 0.596. The molecule has 0 bridgehead atoms. The number of thiophene rings is 1. The van der Waals surface area contributed by atoms with Gasteiger partial charge in [0.15, 0.2) is 0 Å². The van der Waals surface area contributed by atoms with Crippen molar-refractivity contribution in [1.82, 2.24) is 15.0 Å². The summed E-state index contributed by atoms with van der Waals surface area (Å²) >= 11 is 1.72. The molecule has 0 aliphatic rings. The highest BCUT2D eigenvalue weighted by Crippen LogP contribution is 2.35. The van der Waals surface area contributed by atoms with E-state index in [1.165, 1.54) is 21.0 Å². The van der Waals surface area contributed by atoms with Crippen LogP contribution in [0, 0.1) is 0 Å². The largest absolute Gasteiger partial charge is 0.254 e. The van der Waals surface area contributed by atoms with E-state index in [4.69, 9.17) is 0 Å². The van der Waals surface area contributed by atoms with E-state index in [1.54, 1.807) is 17.7 Å². The maximum Gasteiger partial charge on any atom is 0.116 e. The molecule has 2 aromatic carbocycles. The normalized spacial score (nSPS) is 12.0. The molecule has 5 aromatic rings. The van der Waals surface area contributed by atoms with E-state index in [0.29, 0.717) is 0 Å². The Morgan fingerprint density at radius 1 is 0.793 bits per heavy atom. The third kappa shape index (κ3) is 3.19. The van der Waals surface area contributed by atoms with Gasteiger partial charge in [-0.3, -0.25) is 4.98 Å². The van der Waals surface area contributed by atoms with E-state index >= 15 is 0 Å². The van der Waals surface area contributed by atoms with Crippen LogP contribution in [0.15, 0.2) is 72.5 Å². The van der Waals surface area contributed by atoms with Gasteiger partial charge in [-0.2, -0.15) is 0 Å². The summed E-state index contributed by atoms with van der Waals surface area (Å²) in [7, 11) is 0. The molecule has 0 saturated carbocycles. The zero-order chi connectivity index (χ0) is 20.0. The molecule has 3 nitrogen and oxygen atoms in total. The van der Waals surface area contributed by atoms with Crippen molar-refractivity contribution >= 4 is 32.2 Å². The van der Waals surface area contributed by atoms with Crippen molar-refractivity contribution in [2.45, 2.75) is 26.2 Å². The Hall–Kier alpha value is -3.11. The van der Waals surface area contributed by atoms with Crippen LogP contribution in [0.5, 0.6) is 0 Å². The first-order chi connectivity index (χ1) is 14.0. The standard InChI is InChI=1S/C25H21N3S/c1-25(2,3)20-13-17(12-16-6-4-5-7-18(16)20)21-14-22(28-15-27-21)24-19-9-11-29-23(19)8-10-26-24/h4-15H,1-3H3. The average Bonchev–Trinajstić information content (AvgIpc) is 3.21. The number of benzene rings is 2. The second-order valence-electron chi connectivity index (χ2n) is 8.28. The molecule has 0 fully saturated rings. The van der Waals surface area contributed by atoms with Crippen LogP contribution in [-0.4, -0.2) is 15.0 Å². The lowest BCUT2D eigenvalue weighted by atomic mass is 9.82. The molecular formula is C25H21N3S. The summed E-state index contributed by atoms with van der Waals surface area (Å²) in [6.07, 6.45) is 3.49. The number of fused-ring (bicyclic) bond motifs is 2. The first kappa shape index (κ1) is 18.0. The minimum Gasteiger partial charge on any atom is -0.254 e. The molecule has 0 atom stereocenters. The van der Waals surface area contributed by atoms with E-state index in [0.717, 1.165) is 28.0 Å². The first-order valence-corrected chi connectivity index (χ1v) is 10.6. The molecular weight excluding hydrogens is 374 g/mol. The van der Waals surface area contributed by atoms with Gasteiger partial charge in [0, 0.05) is 21.8 Å². The van der Waals surface area contributed by atoms with Gasteiger partial charge in [0.05, 0.1) is 17.1 Å². The van der Waals surface area contributed by atoms with Gasteiger partial charge in [-0.1, -0.05) is 45.0 Å². The van der Waals surface area contributed by atoms with Crippen LogP contribution in [0.3, 0.4) is 0 Å². The van der Waals surface area contributed by atoms with Crippen LogP contribution in [-0.2, 0) is 5.41 Å². The average molecular weight is 396 g/mol. The van der Waals surface area contributed by atoms with E-state index in [2.05, 4.69) is 89.6 Å². The summed E-state index contributed by atoms with van der Waals surface area (Å²) in [6.45, 7) is 6.77. The predicted octanol–water partition coefficient (Wildman–Crippen LogP) is 6.87. The molecule has 29 heavy (non-hydrogen) atoms. The quantitative estimate of drug-likeness (QED) is 0.327. The lowest BCUT2D eigenvalue weighted by Crippen LogP contribution is -2.12. The zero-order valence-electron chi connectivity index (χ0n) is 16.7. The van der Waals surface area contributed by atoms with E-state index in [9.17, 15) is 0 Å². The summed E-state index contributed by atoms with van der Waals surface area (Å²) in [4.78, 5) is 13.7. The molecule has 0 amide bonds. The van der Waals surface area contributed by atoms with Gasteiger partial charge in [0.2, 0.25) is 0 Å². The fraction of sp³-hybridized carbons (Fsp3) is 0.160. The molecule has 142 valence electrons. The van der Waals surface area contributed by atoms with Crippen LogP contribution in [0.1, 0.15) is 26.3 Å². The van der Waals surface area contributed by atoms with Crippen LogP contribution >= 0.6 is 11.3 Å². The third-order valence-electron chi connectivity index (χ3n) is 5.26. The van der Waals surface area contributed by atoms with Gasteiger partial charge < -0.3 is 0 Å². The fourth-order valence-corrected chi connectivity index (χ4v) is 4.60. The van der Waals surface area contributed by atoms with Crippen molar-refractivity contribution in [3.8, 4) is 22.6 Å². The number of aromatic nitrogens is 3. The maximum absolute atomic E-state index is 4.61. The Balaban J connectivity index is 1.70. The van der Waals surface area contributed by atoms with E-state index in [1.807, 2.05) is 12.3 Å². The van der Waals surface area contributed by atoms with Crippen LogP contribution < -0.4 is 0 Å². The predicted molar refractivity (Wildman–Crippen MR) is 122 cm³/mol. The molecule has 5 rings (SSSR count). The van der Waals surface area contributed by atoms with E-state index in [-0.39, 0.29) is 5.41 Å². The zero-order valence-corrected chi connectivity index (χ0v) is 17.5. The summed E-state index contributed by atoms with van der Waals surface area (Å²) in [6, 6.07) is 19.3.